The van der Waals surface area contributed by atoms with Crippen molar-refractivity contribution in [1.29, 1.82) is 0 Å². The Bertz CT molecular complexity index is 310. The molecule has 0 aliphatic carbocycles. The lowest BCUT2D eigenvalue weighted by molar-refractivity contribution is 0.0226. The molecule has 0 amide bonds. The van der Waals surface area contributed by atoms with Gasteiger partial charge in [-0.3, -0.25) is 4.98 Å². The first-order chi connectivity index (χ1) is 6.21. The SMILES string of the molecule is OC1(c2cncc(F)c2)CCOC1. The number of rotatable bonds is 1. The molecular weight excluding hydrogens is 173 g/mol. The standard InChI is InChI=1S/C9H10FNO2/c10-8-3-7(4-11-5-8)9(12)1-2-13-6-9/h3-5,12H,1-2,6H2. The second kappa shape index (κ2) is 3.05. The maximum Gasteiger partial charge on any atom is 0.141 e. The second-order valence-corrected chi connectivity index (χ2v) is 3.23. The minimum absolute atomic E-state index is 0.220. The molecule has 1 N–H and O–H groups in total. The first-order valence-corrected chi connectivity index (χ1v) is 4.12. The fourth-order valence-corrected chi connectivity index (χ4v) is 1.45. The largest absolute Gasteiger partial charge is 0.383 e. The molecule has 3 nitrogen and oxygen atoms in total. The summed E-state index contributed by atoms with van der Waals surface area (Å²) >= 11 is 0. The van der Waals surface area contributed by atoms with Crippen LogP contribution in [0.4, 0.5) is 4.39 Å². The monoisotopic (exact) mass is 183 g/mol. The van der Waals surface area contributed by atoms with Gasteiger partial charge in [0.2, 0.25) is 0 Å². The number of ether oxygens (including phenoxy) is 1. The maximum atomic E-state index is 12.8. The summed E-state index contributed by atoms with van der Waals surface area (Å²) in [4.78, 5) is 3.68. The van der Waals surface area contributed by atoms with Crippen molar-refractivity contribution in [2.24, 2.45) is 0 Å². The first kappa shape index (κ1) is 8.59. The number of nitrogens with zero attached hydrogens (tertiary/aromatic N) is 1. The van der Waals surface area contributed by atoms with Gasteiger partial charge in [-0.05, 0) is 6.07 Å². The molecule has 0 spiro atoms. The van der Waals surface area contributed by atoms with Gasteiger partial charge in [-0.1, -0.05) is 0 Å². The Morgan fingerprint density at radius 2 is 2.38 bits per heavy atom. The minimum atomic E-state index is -1.05. The van der Waals surface area contributed by atoms with Gasteiger partial charge < -0.3 is 9.84 Å². The summed E-state index contributed by atoms with van der Waals surface area (Å²) in [6.07, 6.45) is 3.08. The van der Waals surface area contributed by atoms with E-state index in [1.165, 1.54) is 12.3 Å². The molecule has 70 valence electrons. The zero-order valence-electron chi connectivity index (χ0n) is 7.03. The van der Waals surface area contributed by atoms with Crippen molar-refractivity contribution in [1.82, 2.24) is 4.98 Å². The van der Waals surface area contributed by atoms with Gasteiger partial charge in [0.25, 0.3) is 0 Å². The number of aliphatic hydroxyl groups is 1. The van der Waals surface area contributed by atoms with Crippen LogP contribution in [0.5, 0.6) is 0 Å². The van der Waals surface area contributed by atoms with Crippen molar-refractivity contribution in [3.63, 3.8) is 0 Å². The van der Waals surface area contributed by atoms with E-state index in [1.54, 1.807) is 0 Å². The number of hydrogen-bond acceptors (Lipinski definition) is 3. The summed E-state index contributed by atoms with van der Waals surface area (Å²) in [5.41, 5.74) is -0.556. The molecule has 1 atom stereocenters. The number of aromatic nitrogens is 1. The third-order valence-corrected chi connectivity index (χ3v) is 2.24. The maximum absolute atomic E-state index is 12.8. The summed E-state index contributed by atoms with van der Waals surface area (Å²) in [7, 11) is 0. The molecule has 1 aliphatic heterocycles. The first-order valence-electron chi connectivity index (χ1n) is 4.12. The van der Waals surface area contributed by atoms with Crippen LogP contribution in [0.15, 0.2) is 18.5 Å². The quantitative estimate of drug-likeness (QED) is 0.701. The molecule has 2 rings (SSSR count). The van der Waals surface area contributed by atoms with E-state index >= 15 is 0 Å². The summed E-state index contributed by atoms with van der Waals surface area (Å²) < 4.78 is 17.8. The zero-order chi connectivity index (χ0) is 9.31. The van der Waals surface area contributed by atoms with Crippen molar-refractivity contribution < 1.29 is 14.2 Å². The van der Waals surface area contributed by atoms with Gasteiger partial charge in [0, 0.05) is 24.8 Å². The Morgan fingerprint density at radius 1 is 1.54 bits per heavy atom. The van der Waals surface area contributed by atoms with E-state index < -0.39 is 11.4 Å². The highest BCUT2D eigenvalue weighted by atomic mass is 19.1. The van der Waals surface area contributed by atoms with Crippen molar-refractivity contribution >= 4 is 0 Å². The fraction of sp³-hybridized carbons (Fsp3) is 0.444. The fourth-order valence-electron chi connectivity index (χ4n) is 1.45. The van der Waals surface area contributed by atoms with Gasteiger partial charge in [-0.2, -0.15) is 0 Å². The highest BCUT2D eigenvalue weighted by molar-refractivity contribution is 5.20. The molecule has 4 heteroatoms. The zero-order valence-corrected chi connectivity index (χ0v) is 7.03. The average Bonchev–Trinajstić information content (AvgIpc) is 2.54. The molecule has 0 aromatic carbocycles. The van der Waals surface area contributed by atoms with E-state index in [0.29, 0.717) is 18.6 Å². The van der Waals surface area contributed by atoms with Gasteiger partial charge in [0.1, 0.15) is 11.4 Å². The van der Waals surface area contributed by atoms with Crippen molar-refractivity contribution in [3.05, 3.63) is 29.8 Å². The van der Waals surface area contributed by atoms with Crippen LogP contribution >= 0.6 is 0 Å². The van der Waals surface area contributed by atoms with E-state index in [9.17, 15) is 9.50 Å². The van der Waals surface area contributed by atoms with Crippen molar-refractivity contribution in [2.75, 3.05) is 13.2 Å². The van der Waals surface area contributed by atoms with Gasteiger partial charge in [-0.25, -0.2) is 4.39 Å². The van der Waals surface area contributed by atoms with Crippen LogP contribution < -0.4 is 0 Å². The van der Waals surface area contributed by atoms with Crippen LogP contribution in [-0.4, -0.2) is 23.3 Å². The molecule has 1 aliphatic rings. The molecule has 1 aromatic rings. The second-order valence-electron chi connectivity index (χ2n) is 3.23. The third-order valence-electron chi connectivity index (χ3n) is 2.24. The molecule has 13 heavy (non-hydrogen) atoms. The molecular formula is C9H10FNO2. The Labute approximate surface area is 75.2 Å². The van der Waals surface area contributed by atoms with Gasteiger partial charge >= 0.3 is 0 Å². The van der Waals surface area contributed by atoms with Crippen molar-refractivity contribution in [3.8, 4) is 0 Å². The van der Waals surface area contributed by atoms with Crippen molar-refractivity contribution in [2.45, 2.75) is 12.0 Å². The third kappa shape index (κ3) is 1.55. The van der Waals surface area contributed by atoms with E-state index in [-0.39, 0.29) is 6.61 Å². The van der Waals surface area contributed by atoms with E-state index in [1.807, 2.05) is 0 Å². The normalized spacial score (nSPS) is 27.8. The predicted molar refractivity (Wildman–Crippen MR) is 43.5 cm³/mol. The number of hydrogen-bond donors (Lipinski definition) is 1. The van der Waals surface area contributed by atoms with Crippen LogP contribution in [0.2, 0.25) is 0 Å². The lowest BCUT2D eigenvalue weighted by atomic mass is 9.95. The summed E-state index contributed by atoms with van der Waals surface area (Å²) in [6.45, 7) is 0.727. The lowest BCUT2D eigenvalue weighted by Crippen LogP contribution is -2.25. The molecule has 0 radical (unpaired) electrons. The Balaban J connectivity index is 2.33. The lowest BCUT2D eigenvalue weighted by Gasteiger charge is -2.19. The topological polar surface area (TPSA) is 42.4 Å². The average molecular weight is 183 g/mol. The molecule has 0 saturated carbocycles. The van der Waals surface area contributed by atoms with E-state index in [2.05, 4.69) is 4.98 Å². The number of pyridine rings is 1. The van der Waals surface area contributed by atoms with Crippen LogP contribution in [0.1, 0.15) is 12.0 Å². The Morgan fingerprint density at radius 3 is 3.00 bits per heavy atom. The van der Waals surface area contributed by atoms with E-state index in [0.717, 1.165) is 6.20 Å². The Kier molecular flexibility index (Phi) is 2.01. The number of halogens is 1. The minimum Gasteiger partial charge on any atom is -0.383 e. The summed E-state index contributed by atoms with van der Waals surface area (Å²) in [5, 5.41) is 9.96. The van der Waals surface area contributed by atoms with E-state index in [4.69, 9.17) is 4.74 Å². The molecule has 0 bridgehead atoms. The molecule has 2 heterocycles. The van der Waals surface area contributed by atoms with Gasteiger partial charge in [0.05, 0.1) is 12.8 Å². The highest BCUT2D eigenvalue weighted by Gasteiger charge is 2.34. The van der Waals surface area contributed by atoms with Gasteiger partial charge in [-0.15, -0.1) is 0 Å². The highest BCUT2D eigenvalue weighted by Crippen LogP contribution is 2.29. The van der Waals surface area contributed by atoms with Crippen LogP contribution in [0.25, 0.3) is 0 Å². The smallest absolute Gasteiger partial charge is 0.141 e. The van der Waals surface area contributed by atoms with Crippen LogP contribution in [-0.2, 0) is 10.3 Å². The Hall–Kier alpha value is -1.00. The van der Waals surface area contributed by atoms with Crippen LogP contribution in [0, 0.1) is 5.82 Å². The van der Waals surface area contributed by atoms with Crippen LogP contribution in [0.3, 0.4) is 0 Å². The predicted octanol–water partition coefficient (Wildman–Crippen LogP) is 0.829. The summed E-state index contributed by atoms with van der Waals surface area (Å²) in [6, 6.07) is 1.29. The molecule has 1 unspecified atom stereocenters. The molecule has 1 fully saturated rings. The van der Waals surface area contributed by atoms with Gasteiger partial charge in [0.15, 0.2) is 0 Å². The molecule has 1 aromatic heterocycles. The summed E-state index contributed by atoms with van der Waals surface area (Å²) in [5.74, 6) is -0.433. The molecule has 1 saturated heterocycles.